The van der Waals surface area contributed by atoms with Crippen LogP contribution in [-0.2, 0) is 65.4 Å². The van der Waals surface area contributed by atoms with Crippen LogP contribution in [0.15, 0.2) is 0 Å². The van der Waals surface area contributed by atoms with Crippen molar-refractivity contribution in [2.75, 3.05) is 39.6 Å². The van der Waals surface area contributed by atoms with Crippen molar-refractivity contribution in [1.82, 2.24) is 0 Å². The van der Waals surface area contributed by atoms with Crippen molar-refractivity contribution in [3.8, 4) is 0 Å². The van der Waals surface area contributed by atoms with Crippen LogP contribution in [0, 0.1) is 11.8 Å². The zero-order valence-electron chi connectivity index (χ0n) is 52.1. The number of ether oxygens (including phenoxy) is 4. The normalized spacial score (nSPS) is 14.7. The molecule has 0 aliphatic carbocycles. The second kappa shape index (κ2) is 54.7. The molecule has 0 saturated heterocycles. The first kappa shape index (κ1) is 79.1. The van der Waals surface area contributed by atoms with Crippen molar-refractivity contribution in [1.29, 1.82) is 0 Å². The first-order chi connectivity index (χ1) is 38.9. The zero-order chi connectivity index (χ0) is 60.1. The van der Waals surface area contributed by atoms with Crippen molar-refractivity contribution in [3.05, 3.63) is 0 Å². The minimum atomic E-state index is -4.94. The first-order valence-corrected chi connectivity index (χ1v) is 35.5. The molecule has 0 radical (unpaired) electrons. The molecule has 0 aromatic heterocycles. The maximum atomic E-state index is 13.0. The van der Waals surface area contributed by atoms with E-state index in [0.717, 1.165) is 115 Å². The SMILES string of the molecule is CCCCCCCCCCCCCCCCC(=O)O[C@H](COC(=O)CCCCCCCCCC(C)C)COP(=O)(O)OC[C@@H](O)COP(=O)(O)OC[C@@H](COC(=O)CCCCCCCCC)OC(=O)CCCCCCCCC(C)CC. The van der Waals surface area contributed by atoms with Crippen LogP contribution >= 0.6 is 15.6 Å². The van der Waals surface area contributed by atoms with Gasteiger partial charge in [0.2, 0.25) is 0 Å². The van der Waals surface area contributed by atoms with Gasteiger partial charge in [-0.3, -0.25) is 37.3 Å². The number of rotatable bonds is 61. The van der Waals surface area contributed by atoms with Crippen LogP contribution in [0.2, 0.25) is 0 Å². The van der Waals surface area contributed by atoms with E-state index in [1.54, 1.807) is 0 Å². The molecule has 0 rings (SSSR count). The number of phosphoric acid groups is 2. The summed E-state index contributed by atoms with van der Waals surface area (Å²) >= 11 is 0. The molecule has 0 aromatic rings. The summed E-state index contributed by atoms with van der Waals surface area (Å²) in [5.74, 6) is -0.717. The second-order valence-electron chi connectivity index (χ2n) is 23.2. The van der Waals surface area contributed by atoms with Gasteiger partial charge in [-0.1, -0.05) is 253 Å². The van der Waals surface area contributed by atoms with E-state index in [1.165, 1.54) is 103 Å². The Morgan fingerprint density at radius 2 is 0.630 bits per heavy atom. The van der Waals surface area contributed by atoms with Crippen LogP contribution in [-0.4, -0.2) is 96.7 Å². The molecule has 6 atom stereocenters. The lowest BCUT2D eigenvalue weighted by atomic mass is 10.00. The molecule has 0 fully saturated rings. The summed E-state index contributed by atoms with van der Waals surface area (Å²) < 4.78 is 67.8. The molecule has 0 aromatic carbocycles. The Bertz CT molecular complexity index is 1600. The van der Waals surface area contributed by atoms with Gasteiger partial charge >= 0.3 is 39.5 Å². The molecule has 480 valence electrons. The van der Waals surface area contributed by atoms with Gasteiger partial charge in [-0.25, -0.2) is 9.13 Å². The standard InChI is InChI=1S/C62H120O17P2/c1-7-10-12-14-16-17-18-19-20-21-22-26-34-40-46-61(66)78-57(51-73-60(65)45-39-33-27-23-25-30-36-42-54(4)5)52-76-80(68,69)74-48-56(63)49-75-81(70,71)77-53-58(50-72-59(64)44-38-32-24-15-13-11-8-2)79-62(67)47-41-35-29-28-31-37-43-55(6)9-3/h54-58,63H,7-53H2,1-6H3,(H,68,69)(H,70,71)/t55?,56-,57-,58-/m1/s1. The van der Waals surface area contributed by atoms with Crippen LogP contribution in [0.5, 0.6) is 0 Å². The van der Waals surface area contributed by atoms with Gasteiger partial charge in [0.05, 0.1) is 26.4 Å². The summed E-state index contributed by atoms with van der Waals surface area (Å²) in [4.78, 5) is 72.0. The lowest BCUT2D eigenvalue weighted by Crippen LogP contribution is -2.30. The number of hydrogen-bond donors (Lipinski definition) is 3. The fourth-order valence-electron chi connectivity index (χ4n) is 9.15. The highest BCUT2D eigenvalue weighted by molar-refractivity contribution is 7.47. The number of carbonyl (C=O) groups is 4. The summed E-state index contributed by atoms with van der Waals surface area (Å²) in [7, 11) is -9.88. The van der Waals surface area contributed by atoms with Crippen LogP contribution < -0.4 is 0 Å². The van der Waals surface area contributed by atoms with E-state index >= 15 is 0 Å². The van der Waals surface area contributed by atoms with Crippen LogP contribution in [0.1, 0.15) is 305 Å². The van der Waals surface area contributed by atoms with E-state index in [0.29, 0.717) is 31.6 Å². The lowest BCUT2D eigenvalue weighted by molar-refractivity contribution is -0.161. The van der Waals surface area contributed by atoms with Crippen molar-refractivity contribution in [3.63, 3.8) is 0 Å². The van der Waals surface area contributed by atoms with Crippen molar-refractivity contribution >= 4 is 39.5 Å². The summed E-state index contributed by atoms with van der Waals surface area (Å²) in [6.45, 7) is 9.34. The molecule has 3 N–H and O–H groups in total. The quantitative estimate of drug-likeness (QED) is 0.0222. The molecule has 0 heterocycles. The Morgan fingerprint density at radius 3 is 0.938 bits per heavy atom. The van der Waals surface area contributed by atoms with Crippen LogP contribution in [0.3, 0.4) is 0 Å². The maximum Gasteiger partial charge on any atom is 0.472 e. The Kier molecular flexibility index (Phi) is 53.4. The first-order valence-electron chi connectivity index (χ1n) is 32.5. The summed E-state index contributed by atoms with van der Waals surface area (Å²) in [6.07, 6.45) is 36.4. The van der Waals surface area contributed by atoms with Crippen molar-refractivity contribution in [2.45, 2.75) is 323 Å². The monoisotopic (exact) mass is 1200 g/mol. The number of esters is 4. The summed E-state index contributed by atoms with van der Waals surface area (Å²) in [5.41, 5.74) is 0. The van der Waals surface area contributed by atoms with Gasteiger partial charge in [-0.05, 0) is 37.5 Å². The lowest BCUT2D eigenvalue weighted by Gasteiger charge is -2.21. The molecule has 17 nitrogen and oxygen atoms in total. The second-order valence-corrected chi connectivity index (χ2v) is 26.1. The van der Waals surface area contributed by atoms with E-state index in [-0.39, 0.29) is 25.7 Å². The van der Waals surface area contributed by atoms with Gasteiger partial charge in [-0.2, -0.15) is 0 Å². The largest absolute Gasteiger partial charge is 0.472 e. The number of carbonyl (C=O) groups excluding carboxylic acids is 4. The third kappa shape index (κ3) is 55.7. The predicted octanol–water partition coefficient (Wildman–Crippen LogP) is 16.9. The average molecular weight is 1200 g/mol. The van der Waals surface area contributed by atoms with Crippen molar-refractivity contribution in [2.24, 2.45) is 11.8 Å². The maximum absolute atomic E-state index is 13.0. The van der Waals surface area contributed by atoms with Gasteiger partial charge in [-0.15, -0.1) is 0 Å². The average Bonchev–Trinajstić information content (AvgIpc) is 3.43. The Hall–Kier alpha value is -1.94. The third-order valence-corrected chi connectivity index (χ3v) is 16.5. The van der Waals surface area contributed by atoms with Crippen molar-refractivity contribution < 1.29 is 80.2 Å². The smallest absolute Gasteiger partial charge is 0.462 e. The minimum absolute atomic E-state index is 0.102. The number of unbranched alkanes of at least 4 members (excludes halogenated alkanes) is 30. The summed E-state index contributed by atoms with van der Waals surface area (Å²) in [5, 5.41) is 10.5. The molecule has 0 aliphatic heterocycles. The van der Waals surface area contributed by atoms with Gasteiger partial charge in [0, 0.05) is 25.7 Å². The Balaban J connectivity index is 5.22. The van der Waals surface area contributed by atoms with E-state index in [1.807, 2.05) is 0 Å². The van der Waals surface area contributed by atoms with Gasteiger partial charge in [0.1, 0.15) is 19.3 Å². The van der Waals surface area contributed by atoms with Crippen LogP contribution in [0.4, 0.5) is 0 Å². The minimum Gasteiger partial charge on any atom is -0.462 e. The van der Waals surface area contributed by atoms with Gasteiger partial charge < -0.3 is 33.8 Å². The van der Waals surface area contributed by atoms with E-state index < -0.39 is 97.5 Å². The fourth-order valence-corrected chi connectivity index (χ4v) is 10.7. The molecule has 19 heteroatoms. The molecule has 0 bridgehead atoms. The topological polar surface area (TPSA) is 237 Å². The van der Waals surface area contributed by atoms with Crippen LogP contribution in [0.25, 0.3) is 0 Å². The third-order valence-electron chi connectivity index (χ3n) is 14.6. The molecule has 3 unspecified atom stereocenters. The number of aliphatic hydroxyl groups is 1. The zero-order valence-corrected chi connectivity index (χ0v) is 53.9. The molecule has 0 amide bonds. The molecular formula is C62H120O17P2. The molecular weight excluding hydrogens is 1080 g/mol. The molecule has 0 spiro atoms. The van der Waals surface area contributed by atoms with E-state index in [9.17, 15) is 43.2 Å². The molecule has 0 aliphatic rings. The molecule has 0 saturated carbocycles. The van der Waals surface area contributed by atoms with E-state index in [4.69, 9.17) is 37.0 Å². The molecule has 81 heavy (non-hydrogen) atoms. The summed E-state index contributed by atoms with van der Waals surface area (Å²) in [6, 6.07) is 0. The Morgan fingerprint density at radius 1 is 0.358 bits per heavy atom. The highest BCUT2D eigenvalue weighted by Crippen LogP contribution is 2.45. The highest BCUT2D eigenvalue weighted by Gasteiger charge is 2.30. The highest BCUT2D eigenvalue weighted by atomic mass is 31.2. The fraction of sp³-hybridized carbons (Fsp3) is 0.935. The van der Waals surface area contributed by atoms with E-state index in [2.05, 4.69) is 41.5 Å². The number of hydrogen-bond acceptors (Lipinski definition) is 15. The number of phosphoric ester groups is 2. The Labute approximate surface area is 492 Å². The van der Waals surface area contributed by atoms with Gasteiger partial charge in [0.15, 0.2) is 12.2 Å². The van der Waals surface area contributed by atoms with Gasteiger partial charge in [0.25, 0.3) is 0 Å². The number of aliphatic hydroxyl groups excluding tert-OH is 1. The predicted molar refractivity (Wildman–Crippen MR) is 321 cm³/mol.